The van der Waals surface area contributed by atoms with Crippen LogP contribution in [-0.4, -0.2) is 30.2 Å². The zero-order valence-corrected chi connectivity index (χ0v) is 20.1. The molecule has 0 aliphatic rings. The van der Waals surface area contributed by atoms with Gasteiger partial charge in [-0.05, 0) is 79.6 Å². The third-order valence-corrected chi connectivity index (χ3v) is 8.07. The maximum Gasteiger partial charge on any atom is 0.313 e. The first-order valence-corrected chi connectivity index (χ1v) is 12.8. The molecule has 0 atom stereocenters. The van der Waals surface area contributed by atoms with Crippen LogP contribution in [0.1, 0.15) is 11.1 Å². The molecule has 1 heterocycles. The number of aromatic nitrogens is 1. The zero-order valence-electron chi connectivity index (χ0n) is 17.8. The molecule has 0 bridgehead atoms. The molecule has 9 heteroatoms. The van der Waals surface area contributed by atoms with Crippen LogP contribution in [0.15, 0.2) is 75.5 Å². The Morgan fingerprint density at radius 2 is 1.73 bits per heavy atom. The number of thioether (sulfide) groups is 1. The van der Waals surface area contributed by atoms with Crippen LogP contribution < -0.4 is 4.74 Å². The summed E-state index contributed by atoms with van der Waals surface area (Å²) >= 11 is 7.15. The van der Waals surface area contributed by atoms with Crippen LogP contribution in [0.3, 0.4) is 0 Å². The SMILES string of the molecule is Cc1cc(SCC(=O)O)cc(C)c1Oc1ccc2[nH]cc(S(=O)(=O)c3ccc(Cl)cc3)c2c1. The van der Waals surface area contributed by atoms with E-state index in [1.165, 1.54) is 30.1 Å². The van der Waals surface area contributed by atoms with E-state index in [9.17, 15) is 13.2 Å². The highest BCUT2D eigenvalue weighted by molar-refractivity contribution is 8.00. The first kappa shape index (κ1) is 23.2. The summed E-state index contributed by atoms with van der Waals surface area (Å²) in [6.07, 6.45) is 1.48. The molecule has 6 nitrogen and oxygen atoms in total. The monoisotopic (exact) mass is 501 g/mol. The summed E-state index contributed by atoms with van der Waals surface area (Å²) in [5, 5.41) is 9.88. The van der Waals surface area contributed by atoms with Gasteiger partial charge >= 0.3 is 5.97 Å². The fourth-order valence-electron chi connectivity index (χ4n) is 3.52. The number of sulfone groups is 1. The third-order valence-electron chi connectivity index (χ3n) is 5.04. The Hall–Kier alpha value is -2.94. The van der Waals surface area contributed by atoms with Gasteiger partial charge in [-0.2, -0.15) is 0 Å². The summed E-state index contributed by atoms with van der Waals surface area (Å²) in [4.78, 5) is 15.0. The molecule has 4 aromatic rings. The van der Waals surface area contributed by atoms with E-state index < -0.39 is 15.8 Å². The van der Waals surface area contributed by atoms with Gasteiger partial charge < -0.3 is 14.8 Å². The number of nitrogens with one attached hydrogen (secondary N) is 1. The van der Waals surface area contributed by atoms with Gasteiger partial charge in [0, 0.05) is 27.0 Å². The molecular weight excluding hydrogens is 482 g/mol. The quantitative estimate of drug-likeness (QED) is 0.291. The van der Waals surface area contributed by atoms with Gasteiger partial charge in [-0.15, -0.1) is 11.8 Å². The predicted molar refractivity (Wildman–Crippen MR) is 130 cm³/mol. The second-order valence-corrected chi connectivity index (χ2v) is 10.9. The Bertz CT molecular complexity index is 1440. The second-order valence-electron chi connectivity index (χ2n) is 7.49. The fourth-order valence-corrected chi connectivity index (χ4v) is 5.88. The van der Waals surface area contributed by atoms with Gasteiger partial charge in [0.15, 0.2) is 0 Å². The number of ether oxygens (including phenoxy) is 1. The number of aliphatic carboxylic acids is 1. The van der Waals surface area contributed by atoms with Crippen molar-refractivity contribution in [1.82, 2.24) is 4.98 Å². The Labute approximate surface area is 200 Å². The van der Waals surface area contributed by atoms with Crippen molar-refractivity contribution in [2.45, 2.75) is 28.5 Å². The highest BCUT2D eigenvalue weighted by Crippen LogP contribution is 2.36. The van der Waals surface area contributed by atoms with Crippen LogP contribution in [-0.2, 0) is 14.6 Å². The topological polar surface area (TPSA) is 96.5 Å². The molecule has 0 saturated heterocycles. The zero-order chi connectivity index (χ0) is 23.8. The van der Waals surface area contributed by atoms with Crippen LogP contribution in [0.2, 0.25) is 5.02 Å². The number of carboxylic acids is 1. The summed E-state index contributed by atoms with van der Waals surface area (Å²) in [6.45, 7) is 3.77. The molecule has 0 fully saturated rings. The van der Waals surface area contributed by atoms with Gasteiger partial charge in [-0.1, -0.05) is 11.6 Å². The van der Waals surface area contributed by atoms with Crippen LogP contribution in [0.25, 0.3) is 10.9 Å². The number of hydrogen-bond donors (Lipinski definition) is 2. The van der Waals surface area contributed by atoms with Crippen molar-refractivity contribution in [1.29, 1.82) is 0 Å². The molecule has 0 spiro atoms. The fraction of sp³-hybridized carbons (Fsp3) is 0.125. The van der Waals surface area contributed by atoms with E-state index in [1.807, 2.05) is 26.0 Å². The van der Waals surface area contributed by atoms with Crippen LogP contribution >= 0.6 is 23.4 Å². The van der Waals surface area contributed by atoms with Crippen molar-refractivity contribution in [3.8, 4) is 11.5 Å². The number of fused-ring (bicyclic) bond motifs is 1. The van der Waals surface area contributed by atoms with Crippen molar-refractivity contribution >= 4 is 50.1 Å². The van der Waals surface area contributed by atoms with Gasteiger partial charge in [0.25, 0.3) is 0 Å². The van der Waals surface area contributed by atoms with E-state index in [1.54, 1.807) is 30.3 Å². The van der Waals surface area contributed by atoms with E-state index in [-0.39, 0.29) is 15.5 Å². The van der Waals surface area contributed by atoms with Gasteiger partial charge in [0.2, 0.25) is 9.84 Å². The molecule has 3 aromatic carbocycles. The van der Waals surface area contributed by atoms with Crippen LogP contribution in [0, 0.1) is 13.8 Å². The normalized spacial score (nSPS) is 11.6. The number of rotatable bonds is 7. The lowest BCUT2D eigenvalue weighted by Crippen LogP contribution is -2.01. The number of carbonyl (C=O) groups is 1. The summed E-state index contributed by atoms with van der Waals surface area (Å²) < 4.78 is 32.5. The highest BCUT2D eigenvalue weighted by Gasteiger charge is 2.22. The van der Waals surface area contributed by atoms with E-state index in [0.717, 1.165) is 16.0 Å². The van der Waals surface area contributed by atoms with Crippen molar-refractivity contribution in [3.63, 3.8) is 0 Å². The molecule has 0 amide bonds. The molecule has 0 unspecified atom stereocenters. The number of aryl methyl sites for hydroxylation is 2. The molecule has 4 rings (SSSR count). The van der Waals surface area contributed by atoms with Crippen LogP contribution in [0.5, 0.6) is 11.5 Å². The number of halogens is 1. The summed E-state index contributed by atoms with van der Waals surface area (Å²) in [5.74, 6) is 0.243. The summed E-state index contributed by atoms with van der Waals surface area (Å²) in [6, 6.07) is 15.0. The number of carboxylic acid groups (broad SMARTS) is 1. The van der Waals surface area contributed by atoms with Crippen molar-refractivity contribution < 1.29 is 23.1 Å². The Morgan fingerprint density at radius 1 is 1.06 bits per heavy atom. The minimum Gasteiger partial charge on any atom is -0.481 e. The number of aromatic amines is 1. The minimum absolute atomic E-state index is 0.0197. The lowest BCUT2D eigenvalue weighted by molar-refractivity contribution is -0.133. The number of hydrogen-bond acceptors (Lipinski definition) is 5. The largest absolute Gasteiger partial charge is 0.481 e. The lowest BCUT2D eigenvalue weighted by Gasteiger charge is -2.14. The van der Waals surface area contributed by atoms with Crippen molar-refractivity contribution in [2.24, 2.45) is 0 Å². The molecular formula is C24H20ClNO5S2. The maximum atomic E-state index is 13.2. The summed E-state index contributed by atoms with van der Waals surface area (Å²) in [5.41, 5.74) is 2.38. The number of H-pyrrole nitrogens is 1. The smallest absolute Gasteiger partial charge is 0.313 e. The standard InChI is InChI=1S/C24H20ClNO5S2/c1-14-9-18(32-13-23(27)28)10-15(2)24(14)31-17-5-8-21-20(11-17)22(12-26-21)33(29,30)19-6-3-16(25)4-7-19/h3-12,26H,13H2,1-2H3,(H,27,28). The molecule has 0 aliphatic carbocycles. The van der Waals surface area contributed by atoms with E-state index in [4.69, 9.17) is 21.4 Å². The average Bonchev–Trinajstić information content (AvgIpc) is 3.19. The molecule has 1 aromatic heterocycles. The Balaban J connectivity index is 1.68. The van der Waals surface area contributed by atoms with Gasteiger partial charge in [-0.25, -0.2) is 8.42 Å². The molecule has 0 aliphatic heterocycles. The minimum atomic E-state index is -3.76. The molecule has 33 heavy (non-hydrogen) atoms. The first-order chi connectivity index (χ1) is 15.6. The molecule has 2 N–H and O–H groups in total. The highest BCUT2D eigenvalue weighted by atomic mass is 35.5. The van der Waals surface area contributed by atoms with Crippen molar-refractivity contribution in [3.05, 3.63) is 76.9 Å². The maximum absolute atomic E-state index is 13.2. The first-order valence-electron chi connectivity index (χ1n) is 9.90. The van der Waals surface area contributed by atoms with Crippen molar-refractivity contribution in [2.75, 3.05) is 5.75 Å². The average molecular weight is 502 g/mol. The van der Waals surface area contributed by atoms with E-state index in [2.05, 4.69) is 4.98 Å². The number of benzene rings is 3. The lowest BCUT2D eigenvalue weighted by atomic mass is 10.1. The second kappa shape index (κ2) is 9.13. The van der Waals surface area contributed by atoms with Gasteiger partial charge in [-0.3, -0.25) is 4.79 Å². The van der Waals surface area contributed by atoms with Gasteiger partial charge in [0.1, 0.15) is 11.5 Å². The van der Waals surface area contributed by atoms with Gasteiger partial charge in [0.05, 0.1) is 15.5 Å². The Morgan fingerprint density at radius 3 is 2.36 bits per heavy atom. The third kappa shape index (κ3) is 4.88. The van der Waals surface area contributed by atoms with Crippen LogP contribution in [0.4, 0.5) is 0 Å². The Kier molecular flexibility index (Phi) is 6.43. The molecule has 170 valence electrons. The molecule has 0 saturated carbocycles. The molecule has 0 radical (unpaired) electrons. The predicted octanol–water partition coefficient (Wildman–Crippen LogP) is 6.24. The van der Waals surface area contributed by atoms with E-state index in [0.29, 0.717) is 27.4 Å². The summed E-state index contributed by atoms with van der Waals surface area (Å²) in [7, 11) is -3.76. The van der Waals surface area contributed by atoms with E-state index >= 15 is 0 Å².